The number of amides is 3. The molecule has 0 saturated carbocycles. The zero-order valence-corrected chi connectivity index (χ0v) is 12.8. The Morgan fingerprint density at radius 1 is 1.27 bits per heavy atom. The van der Waals surface area contributed by atoms with Gasteiger partial charge in [-0.15, -0.1) is 0 Å². The van der Waals surface area contributed by atoms with Crippen LogP contribution in [0.4, 0.5) is 16.2 Å². The maximum absolute atomic E-state index is 11.8. The monoisotopic (exact) mass is 301 g/mol. The van der Waals surface area contributed by atoms with Gasteiger partial charge in [0.15, 0.2) is 0 Å². The lowest BCUT2D eigenvalue weighted by atomic mass is 10.2. The van der Waals surface area contributed by atoms with E-state index in [2.05, 4.69) is 15.7 Å². The Morgan fingerprint density at radius 3 is 2.50 bits per heavy atom. The first kappa shape index (κ1) is 15.6. The molecule has 2 rings (SSSR count). The molecule has 2 N–H and O–H groups in total. The Morgan fingerprint density at radius 2 is 1.95 bits per heavy atom. The van der Waals surface area contributed by atoms with Crippen LogP contribution >= 0.6 is 0 Å². The molecule has 0 bridgehead atoms. The molecule has 0 fully saturated rings. The molecule has 0 unspecified atom stereocenters. The van der Waals surface area contributed by atoms with Crippen molar-refractivity contribution in [3.05, 3.63) is 42.2 Å². The molecule has 1 aromatic carbocycles. The number of carbonyl (C=O) groups is 2. The second kappa shape index (κ2) is 6.75. The van der Waals surface area contributed by atoms with E-state index in [0.717, 1.165) is 11.3 Å². The first-order chi connectivity index (χ1) is 10.5. The quantitative estimate of drug-likeness (QED) is 0.902. The van der Waals surface area contributed by atoms with Crippen LogP contribution in [0.5, 0.6) is 0 Å². The Balaban J connectivity index is 1.87. The number of nitrogens with zero attached hydrogens (tertiary/aromatic N) is 3. The number of hydrogen-bond acceptors (Lipinski definition) is 3. The van der Waals surface area contributed by atoms with Crippen molar-refractivity contribution >= 4 is 23.3 Å². The van der Waals surface area contributed by atoms with Crippen LogP contribution in [0.1, 0.15) is 12.5 Å². The molecule has 0 aliphatic rings. The largest absolute Gasteiger partial charge is 0.334 e. The summed E-state index contributed by atoms with van der Waals surface area (Å²) < 4.78 is 1.68. The van der Waals surface area contributed by atoms with Crippen molar-refractivity contribution < 1.29 is 9.59 Å². The first-order valence-corrected chi connectivity index (χ1v) is 6.82. The van der Waals surface area contributed by atoms with Crippen molar-refractivity contribution in [2.24, 2.45) is 7.05 Å². The van der Waals surface area contributed by atoms with Gasteiger partial charge in [-0.1, -0.05) is 0 Å². The van der Waals surface area contributed by atoms with Crippen molar-refractivity contribution in [2.45, 2.75) is 13.5 Å². The van der Waals surface area contributed by atoms with Crippen LogP contribution in [0, 0.1) is 0 Å². The second-order valence-electron chi connectivity index (χ2n) is 4.95. The average Bonchev–Trinajstić information content (AvgIpc) is 2.91. The minimum absolute atomic E-state index is 0.0464. The van der Waals surface area contributed by atoms with Crippen molar-refractivity contribution in [1.29, 1.82) is 0 Å². The number of benzene rings is 1. The van der Waals surface area contributed by atoms with Crippen LogP contribution in [0.15, 0.2) is 36.7 Å². The SMILES string of the molecule is CC(=O)N(C)c1ccc(NC(=O)NCc2cnn(C)c2)cc1. The van der Waals surface area contributed by atoms with Crippen molar-refractivity contribution in [1.82, 2.24) is 15.1 Å². The van der Waals surface area contributed by atoms with Crippen LogP contribution in [0.2, 0.25) is 0 Å². The number of urea groups is 1. The molecule has 7 nitrogen and oxygen atoms in total. The van der Waals surface area contributed by atoms with E-state index in [1.165, 1.54) is 11.8 Å². The molecule has 3 amide bonds. The second-order valence-corrected chi connectivity index (χ2v) is 4.95. The van der Waals surface area contributed by atoms with Gasteiger partial charge in [0.25, 0.3) is 0 Å². The molecule has 0 aliphatic carbocycles. The predicted molar refractivity (Wildman–Crippen MR) is 84.6 cm³/mol. The molecule has 116 valence electrons. The van der Waals surface area contributed by atoms with Gasteiger partial charge in [0.2, 0.25) is 5.91 Å². The standard InChI is InChI=1S/C15H19N5O2/c1-11(21)20(3)14-6-4-13(5-7-14)18-15(22)16-8-12-9-17-19(2)10-12/h4-7,9-10H,8H2,1-3H3,(H2,16,18,22). The number of aryl methyl sites for hydroxylation is 1. The smallest absolute Gasteiger partial charge is 0.319 e. The van der Waals surface area contributed by atoms with Crippen molar-refractivity contribution in [2.75, 3.05) is 17.3 Å². The molecular formula is C15H19N5O2. The number of carbonyl (C=O) groups excluding carboxylic acids is 2. The topological polar surface area (TPSA) is 79.3 Å². The Hall–Kier alpha value is -2.83. The molecule has 1 aromatic heterocycles. The normalized spacial score (nSPS) is 10.1. The highest BCUT2D eigenvalue weighted by Crippen LogP contribution is 2.16. The molecule has 7 heteroatoms. The zero-order valence-electron chi connectivity index (χ0n) is 12.8. The van der Waals surface area contributed by atoms with E-state index in [4.69, 9.17) is 0 Å². The third-order valence-electron chi connectivity index (χ3n) is 3.20. The highest BCUT2D eigenvalue weighted by molar-refractivity contribution is 5.92. The fourth-order valence-electron chi connectivity index (χ4n) is 1.87. The van der Waals surface area contributed by atoms with E-state index in [0.29, 0.717) is 12.2 Å². The van der Waals surface area contributed by atoms with Gasteiger partial charge in [-0.05, 0) is 24.3 Å². The molecule has 0 saturated heterocycles. The maximum atomic E-state index is 11.8. The number of rotatable bonds is 4. The first-order valence-electron chi connectivity index (χ1n) is 6.82. The van der Waals surface area contributed by atoms with Crippen LogP contribution in [0.25, 0.3) is 0 Å². The van der Waals surface area contributed by atoms with E-state index in [1.54, 1.807) is 42.2 Å². The summed E-state index contributed by atoms with van der Waals surface area (Å²) in [6, 6.07) is 6.75. The summed E-state index contributed by atoms with van der Waals surface area (Å²) in [5.74, 6) is -0.0464. The van der Waals surface area contributed by atoms with E-state index in [-0.39, 0.29) is 11.9 Å². The predicted octanol–water partition coefficient (Wildman–Crippen LogP) is 1.72. The Bertz CT molecular complexity index is 663. The molecule has 0 radical (unpaired) electrons. The van der Waals surface area contributed by atoms with E-state index < -0.39 is 0 Å². The number of aromatic nitrogens is 2. The third kappa shape index (κ3) is 4.08. The summed E-state index contributed by atoms with van der Waals surface area (Å²) in [5.41, 5.74) is 2.36. The molecule has 0 spiro atoms. The number of hydrogen-bond donors (Lipinski definition) is 2. The van der Waals surface area contributed by atoms with Crippen LogP contribution in [-0.2, 0) is 18.4 Å². The van der Waals surface area contributed by atoms with Crippen LogP contribution < -0.4 is 15.5 Å². The van der Waals surface area contributed by atoms with E-state index in [1.807, 2.05) is 13.2 Å². The lowest BCUT2D eigenvalue weighted by Gasteiger charge is -2.15. The van der Waals surface area contributed by atoms with Gasteiger partial charge < -0.3 is 15.5 Å². The van der Waals surface area contributed by atoms with Gasteiger partial charge in [-0.25, -0.2) is 4.79 Å². The minimum atomic E-state index is -0.295. The fraction of sp³-hybridized carbons (Fsp3) is 0.267. The maximum Gasteiger partial charge on any atom is 0.319 e. The minimum Gasteiger partial charge on any atom is -0.334 e. The lowest BCUT2D eigenvalue weighted by Crippen LogP contribution is -2.28. The van der Waals surface area contributed by atoms with Crippen LogP contribution in [-0.4, -0.2) is 28.8 Å². The Labute approximate surface area is 128 Å². The summed E-state index contributed by atoms with van der Waals surface area (Å²) in [4.78, 5) is 24.6. The molecule has 0 aliphatic heterocycles. The van der Waals surface area contributed by atoms with Gasteiger partial charge >= 0.3 is 6.03 Å². The fourth-order valence-corrected chi connectivity index (χ4v) is 1.87. The summed E-state index contributed by atoms with van der Waals surface area (Å²) in [7, 11) is 3.52. The molecule has 0 atom stereocenters. The van der Waals surface area contributed by atoms with Gasteiger partial charge in [0, 0.05) is 50.7 Å². The number of anilines is 2. The molecule has 22 heavy (non-hydrogen) atoms. The molecular weight excluding hydrogens is 282 g/mol. The third-order valence-corrected chi connectivity index (χ3v) is 3.20. The van der Waals surface area contributed by atoms with E-state index in [9.17, 15) is 9.59 Å². The highest BCUT2D eigenvalue weighted by atomic mass is 16.2. The zero-order chi connectivity index (χ0) is 16.1. The van der Waals surface area contributed by atoms with Gasteiger partial charge in [-0.3, -0.25) is 9.48 Å². The molecule has 1 heterocycles. The van der Waals surface area contributed by atoms with Crippen molar-refractivity contribution in [3.63, 3.8) is 0 Å². The van der Waals surface area contributed by atoms with Gasteiger partial charge in [0.1, 0.15) is 0 Å². The summed E-state index contributed by atoms with van der Waals surface area (Å²) in [5, 5.41) is 9.51. The number of nitrogens with one attached hydrogen (secondary N) is 2. The molecule has 2 aromatic rings. The van der Waals surface area contributed by atoms with Gasteiger partial charge in [0.05, 0.1) is 6.20 Å². The Kier molecular flexibility index (Phi) is 4.77. The average molecular weight is 301 g/mol. The summed E-state index contributed by atoms with van der Waals surface area (Å²) >= 11 is 0. The van der Waals surface area contributed by atoms with Crippen molar-refractivity contribution in [3.8, 4) is 0 Å². The highest BCUT2D eigenvalue weighted by Gasteiger charge is 2.06. The van der Waals surface area contributed by atoms with E-state index >= 15 is 0 Å². The summed E-state index contributed by atoms with van der Waals surface area (Å²) in [6.45, 7) is 1.91. The van der Waals surface area contributed by atoms with Gasteiger partial charge in [-0.2, -0.15) is 5.10 Å². The summed E-state index contributed by atoms with van der Waals surface area (Å²) in [6.07, 6.45) is 3.54. The van der Waals surface area contributed by atoms with Crippen LogP contribution in [0.3, 0.4) is 0 Å². The lowest BCUT2D eigenvalue weighted by molar-refractivity contribution is -0.116.